The summed E-state index contributed by atoms with van der Waals surface area (Å²) in [6.45, 7) is 3.89. The van der Waals surface area contributed by atoms with Crippen molar-refractivity contribution in [2.24, 2.45) is 5.73 Å². The van der Waals surface area contributed by atoms with Crippen LogP contribution in [0.4, 0.5) is 0 Å². The summed E-state index contributed by atoms with van der Waals surface area (Å²) in [5.74, 6) is -0.0457. The molecule has 0 aliphatic rings. The van der Waals surface area contributed by atoms with Crippen molar-refractivity contribution in [1.29, 1.82) is 0 Å². The fourth-order valence-corrected chi connectivity index (χ4v) is 2.48. The van der Waals surface area contributed by atoms with Crippen LogP contribution >= 0.6 is 0 Å². The molecule has 3 N–H and O–H groups in total. The van der Waals surface area contributed by atoms with Crippen LogP contribution in [0.2, 0.25) is 0 Å². The molecule has 0 heterocycles. The lowest BCUT2D eigenvalue weighted by Crippen LogP contribution is -2.27. The second-order valence-corrected chi connectivity index (χ2v) is 5.82. The molecule has 4 nitrogen and oxygen atoms in total. The van der Waals surface area contributed by atoms with E-state index in [4.69, 9.17) is 10.5 Å². The lowest BCUT2D eigenvalue weighted by Gasteiger charge is -2.14. The maximum Gasteiger partial charge on any atom is 0.222 e. The molecule has 2 rings (SSSR count). The molecule has 128 valence electrons. The van der Waals surface area contributed by atoms with Gasteiger partial charge in [0.15, 0.2) is 0 Å². The summed E-state index contributed by atoms with van der Waals surface area (Å²) in [5, 5.41) is 2.96. The first kappa shape index (κ1) is 18.2. The highest BCUT2D eigenvalue weighted by atomic mass is 16.5. The van der Waals surface area contributed by atoms with Crippen LogP contribution in [0.15, 0.2) is 54.6 Å². The van der Waals surface area contributed by atoms with Gasteiger partial charge in [0.2, 0.25) is 5.91 Å². The van der Waals surface area contributed by atoms with Gasteiger partial charge in [-0.2, -0.15) is 0 Å². The van der Waals surface area contributed by atoms with Crippen molar-refractivity contribution in [3.63, 3.8) is 0 Å². The van der Waals surface area contributed by atoms with E-state index in [0.29, 0.717) is 13.2 Å². The molecule has 0 saturated carbocycles. The number of ether oxygens (including phenoxy) is 1. The average Bonchev–Trinajstić information content (AvgIpc) is 2.62. The Morgan fingerprint density at radius 2 is 1.75 bits per heavy atom. The molecule has 0 aromatic heterocycles. The van der Waals surface area contributed by atoms with Crippen LogP contribution in [0.1, 0.15) is 42.5 Å². The predicted octanol–water partition coefficient (Wildman–Crippen LogP) is 3.32. The lowest BCUT2D eigenvalue weighted by atomic mass is 10.0. The molecule has 0 saturated heterocycles. The Bertz CT molecular complexity index is 629. The van der Waals surface area contributed by atoms with E-state index in [1.165, 1.54) is 0 Å². The van der Waals surface area contributed by atoms with E-state index in [9.17, 15) is 4.79 Å². The fourth-order valence-electron chi connectivity index (χ4n) is 2.48. The Hall–Kier alpha value is -2.17. The van der Waals surface area contributed by atoms with Gasteiger partial charge in [-0.3, -0.25) is 4.79 Å². The molecule has 0 bridgehead atoms. The molecule has 1 amide bonds. The van der Waals surface area contributed by atoms with Gasteiger partial charge in [0, 0.05) is 25.6 Å². The predicted molar refractivity (Wildman–Crippen MR) is 96.2 cm³/mol. The lowest BCUT2D eigenvalue weighted by molar-refractivity contribution is -0.121. The smallest absolute Gasteiger partial charge is 0.222 e. The molecule has 24 heavy (non-hydrogen) atoms. The molecular weight excluding hydrogens is 300 g/mol. The van der Waals surface area contributed by atoms with E-state index in [1.807, 2.05) is 54.6 Å². The summed E-state index contributed by atoms with van der Waals surface area (Å²) in [5.41, 5.74) is 9.26. The summed E-state index contributed by atoms with van der Waals surface area (Å²) in [6.07, 6.45) is 1.27. The number of amides is 1. The van der Waals surface area contributed by atoms with Crippen LogP contribution < -0.4 is 11.1 Å². The van der Waals surface area contributed by atoms with Crippen molar-refractivity contribution in [2.75, 3.05) is 6.61 Å². The number of carbonyl (C=O) groups excluding carboxylic acids is 1. The highest BCUT2D eigenvalue weighted by Gasteiger charge is 2.11. The molecule has 1 atom stereocenters. The fraction of sp³-hybridized carbons (Fsp3) is 0.350. The number of hydrogen-bond acceptors (Lipinski definition) is 3. The molecule has 0 aliphatic heterocycles. The van der Waals surface area contributed by atoms with E-state index < -0.39 is 0 Å². The van der Waals surface area contributed by atoms with Crippen LogP contribution in [-0.4, -0.2) is 12.5 Å². The molecule has 2 aromatic rings. The van der Waals surface area contributed by atoms with E-state index in [2.05, 4.69) is 12.2 Å². The molecule has 1 unspecified atom stereocenters. The first-order valence-electron chi connectivity index (χ1n) is 8.42. The van der Waals surface area contributed by atoms with E-state index in [1.54, 1.807) is 0 Å². The molecule has 0 spiro atoms. The molecule has 0 aliphatic carbocycles. The third-order valence-electron chi connectivity index (χ3n) is 3.83. The maximum atomic E-state index is 12.1. The van der Waals surface area contributed by atoms with Crippen molar-refractivity contribution in [1.82, 2.24) is 5.32 Å². The first-order valence-corrected chi connectivity index (χ1v) is 8.42. The second kappa shape index (κ2) is 9.85. The zero-order valence-corrected chi connectivity index (χ0v) is 14.2. The standard InChI is InChI=1S/C20H26N2O2/c1-2-12-24-15-18-11-7-6-10-17(18)14-22-20(23)13-19(21)16-8-4-3-5-9-16/h3-11,19H,2,12-15,21H2,1H3,(H,22,23). The highest BCUT2D eigenvalue weighted by Crippen LogP contribution is 2.14. The Kier molecular flexibility index (Phi) is 7.46. The summed E-state index contributed by atoms with van der Waals surface area (Å²) in [6, 6.07) is 17.4. The van der Waals surface area contributed by atoms with Gasteiger partial charge in [-0.1, -0.05) is 61.5 Å². The van der Waals surface area contributed by atoms with Crippen LogP contribution in [0.3, 0.4) is 0 Å². The van der Waals surface area contributed by atoms with Gasteiger partial charge >= 0.3 is 0 Å². The number of hydrogen-bond donors (Lipinski definition) is 2. The number of carbonyl (C=O) groups is 1. The van der Waals surface area contributed by atoms with Crippen molar-refractivity contribution in [3.05, 3.63) is 71.3 Å². The van der Waals surface area contributed by atoms with Gasteiger partial charge in [0.1, 0.15) is 0 Å². The minimum atomic E-state index is -0.283. The Morgan fingerprint density at radius 1 is 1.08 bits per heavy atom. The quantitative estimate of drug-likeness (QED) is 0.695. The monoisotopic (exact) mass is 326 g/mol. The largest absolute Gasteiger partial charge is 0.377 e. The topological polar surface area (TPSA) is 64.3 Å². The second-order valence-electron chi connectivity index (χ2n) is 5.82. The van der Waals surface area contributed by atoms with Gasteiger partial charge in [-0.15, -0.1) is 0 Å². The van der Waals surface area contributed by atoms with Gasteiger partial charge in [-0.25, -0.2) is 0 Å². The van der Waals surface area contributed by atoms with Crippen molar-refractivity contribution >= 4 is 5.91 Å². The van der Waals surface area contributed by atoms with E-state index in [0.717, 1.165) is 29.7 Å². The van der Waals surface area contributed by atoms with Crippen molar-refractivity contribution < 1.29 is 9.53 Å². The minimum Gasteiger partial charge on any atom is -0.377 e. The van der Waals surface area contributed by atoms with Crippen molar-refractivity contribution in [2.45, 2.75) is 39.0 Å². The molecule has 0 fully saturated rings. The molecular formula is C20H26N2O2. The number of rotatable bonds is 9. The Balaban J connectivity index is 1.85. The summed E-state index contributed by atoms with van der Waals surface area (Å²) >= 11 is 0. The Morgan fingerprint density at radius 3 is 2.46 bits per heavy atom. The normalized spacial score (nSPS) is 11.9. The van der Waals surface area contributed by atoms with Crippen LogP contribution in [0, 0.1) is 0 Å². The first-order chi connectivity index (χ1) is 11.7. The van der Waals surface area contributed by atoms with E-state index in [-0.39, 0.29) is 18.4 Å². The molecule has 0 radical (unpaired) electrons. The van der Waals surface area contributed by atoms with Gasteiger partial charge < -0.3 is 15.8 Å². The number of nitrogens with one attached hydrogen (secondary N) is 1. The number of benzene rings is 2. The Labute approximate surface area is 144 Å². The van der Waals surface area contributed by atoms with Crippen molar-refractivity contribution in [3.8, 4) is 0 Å². The minimum absolute atomic E-state index is 0.0457. The molecule has 4 heteroatoms. The zero-order chi connectivity index (χ0) is 17.2. The molecule has 2 aromatic carbocycles. The van der Waals surface area contributed by atoms with Gasteiger partial charge in [0.05, 0.1) is 6.61 Å². The average molecular weight is 326 g/mol. The third kappa shape index (κ3) is 5.80. The maximum absolute atomic E-state index is 12.1. The van der Waals surface area contributed by atoms with Crippen LogP contribution in [0.5, 0.6) is 0 Å². The highest BCUT2D eigenvalue weighted by molar-refractivity contribution is 5.76. The summed E-state index contributed by atoms with van der Waals surface area (Å²) in [7, 11) is 0. The third-order valence-corrected chi connectivity index (χ3v) is 3.83. The SMILES string of the molecule is CCCOCc1ccccc1CNC(=O)CC(N)c1ccccc1. The van der Waals surface area contributed by atoms with Crippen LogP contribution in [0.25, 0.3) is 0 Å². The summed E-state index contributed by atoms with van der Waals surface area (Å²) < 4.78 is 5.61. The zero-order valence-electron chi connectivity index (χ0n) is 14.2. The van der Waals surface area contributed by atoms with Gasteiger partial charge in [0.25, 0.3) is 0 Å². The summed E-state index contributed by atoms with van der Waals surface area (Å²) in [4.78, 5) is 12.1. The van der Waals surface area contributed by atoms with Crippen LogP contribution in [-0.2, 0) is 22.7 Å². The number of nitrogens with two attached hydrogens (primary N) is 1. The van der Waals surface area contributed by atoms with E-state index >= 15 is 0 Å². The van der Waals surface area contributed by atoms with Gasteiger partial charge in [-0.05, 0) is 23.1 Å².